The van der Waals surface area contributed by atoms with Crippen molar-refractivity contribution in [3.05, 3.63) is 64.2 Å². The molecule has 8 rings (SSSR count). The van der Waals surface area contributed by atoms with E-state index in [-0.39, 0.29) is 29.3 Å². The van der Waals surface area contributed by atoms with Gasteiger partial charge in [0, 0.05) is 67.3 Å². The van der Waals surface area contributed by atoms with Gasteiger partial charge in [-0.25, -0.2) is 18.7 Å². The number of halogens is 2. The lowest BCUT2D eigenvalue weighted by Crippen LogP contribution is -2.74. The van der Waals surface area contributed by atoms with E-state index < -0.39 is 17.5 Å². The van der Waals surface area contributed by atoms with Gasteiger partial charge in [0.15, 0.2) is 16.5 Å². The number of aromatic nitrogens is 2. The molecule has 1 amide bonds. The monoisotopic (exact) mass is 644 g/mol. The molecule has 2 aromatic heterocycles. The molecule has 3 aliphatic heterocycles. The van der Waals surface area contributed by atoms with E-state index in [2.05, 4.69) is 16.0 Å². The predicted molar refractivity (Wildman–Crippen MR) is 167 cm³/mol. The normalized spacial score (nSPS) is 22.9. The van der Waals surface area contributed by atoms with Gasteiger partial charge in [-0.2, -0.15) is 5.26 Å². The molecule has 13 heteroatoms. The summed E-state index contributed by atoms with van der Waals surface area (Å²) in [5.41, 5.74) is 2.23. The maximum Gasteiger partial charge on any atom is 0.257 e. The first kappa shape index (κ1) is 29.2. The Morgan fingerprint density at radius 2 is 1.93 bits per heavy atom. The van der Waals surface area contributed by atoms with Crippen LogP contribution in [0, 0.1) is 28.4 Å². The number of nitrogens with zero attached hydrogens (tertiary/aromatic N) is 6. The van der Waals surface area contributed by atoms with Gasteiger partial charge >= 0.3 is 0 Å². The first-order valence-electron chi connectivity index (χ1n) is 15.2. The van der Waals surface area contributed by atoms with Crippen LogP contribution in [0.2, 0.25) is 0 Å². The van der Waals surface area contributed by atoms with E-state index in [0.29, 0.717) is 95.8 Å². The number of nitriles is 1. The Bertz CT molecular complexity index is 1940. The number of anilines is 3. The van der Waals surface area contributed by atoms with Gasteiger partial charge in [0.2, 0.25) is 0 Å². The summed E-state index contributed by atoms with van der Waals surface area (Å²) in [6, 6.07) is 11.4. The zero-order valence-corrected chi connectivity index (χ0v) is 25.8. The van der Waals surface area contributed by atoms with E-state index in [1.165, 1.54) is 29.5 Å². The number of fused-ring (bicyclic) bond motifs is 2. The van der Waals surface area contributed by atoms with Gasteiger partial charge in [0.25, 0.3) is 5.91 Å². The third-order valence-electron chi connectivity index (χ3n) is 9.73. The molecule has 0 bridgehead atoms. The minimum absolute atomic E-state index is 0.0235. The van der Waals surface area contributed by atoms with Crippen molar-refractivity contribution < 1.29 is 28.5 Å². The number of hydrogen-bond donors (Lipinski definition) is 2. The van der Waals surface area contributed by atoms with E-state index in [1.54, 1.807) is 24.1 Å². The fourth-order valence-corrected chi connectivity index (χ4v) is 8.21. The number of likely N-dealkylation sites (tertiary alicyclic amines) is 1. The van der Waals surface area contributed by atoms with Crippen molar-refractivity contribution >= 4 is 44.7 Å². The number of aliphatic hydroxyl groups is 2. The molecule has 46 heavy (non-hydrogen) atoms. The first-order valence-corrected chi connectivity index (χ1v) is 16.0. The second kappa shape index (κ2) is 10.4. The molecule has 10 nitrogen and oxygen atoms in total. The number of carbonyl (C=O) groups excluding carboxylic acids is 1. The summed E-state index contributed by atoms with van der Waals surface area (Å²) in [6.45, 7) is 2.73. The van der Waals surface area contributed by atoms with Crippen LogP contribution in [0.4, 0.5) is 25.3 Å². The van der Waals surface area contributed by atoms with Gasteiger partial charge in [-0.3, -0.25) is 4.79 Å². The quantitative estimate of drug-likeness (QED) is 0.331. The standard InChI is InChI=1S/C33H30F2N6O4S/c1-39(31-38-26(25(12-36)46-31)18-2-4-19(34)5-3-18)29-21-6-7-24(42)28(21)37-27-22(29)10-20(11-23(27)35)40-13-32(14-40)15-41(16-32)30(43)33(44)8-9-45-17-33/h2-5,10-11,24,42,44H,6-9,13-17H2,1H3/t24-,33+/m1/s1. The molecule has 236 valence electrons. The number of amides is 1. The summed E-state index contributed by atoms with van der Waals surface area (Å²) in [7, 11) is 1.81. The number of hydrogen-bond acceptors (Lipinski definition) is 10. The third-order valence-corrected chi connectivity index (χ3v) is 10.8. The summed E-state index contributed by atoms with van der Waals surface area (Å²) in [4.78, 5) is 28.2. The molecular weight excluding hydrogens is 614 g/mol. The predicted octanol–water partition coefficient (Wildman–Crippen LogP) is 4.06. The summed E-state index contributed by atoms with van der Waals surface area (Å²) in [5.74, 6) is -1.19. The van der Waals surface area contributed by atoms with Gasteiger partial charge in [-0.1, -0.05) is 11.3 Å². The van der Waals surface area contributed by atoms with Crippen LogP contribution in [0.1, 0.15) is 35.1 Å². The number of rotatable bonds is 5. The lowest BCUT2D eigenvalue weighted by Gasteiger charge is -2.61. The number of pyridine rings is 1. The molecule has 1 spiro atoms. The van der Waals surface area contributed by atoms with Crippen LogP contribution in [-0.2, 0) is 16.0 Å². The average molecular weight is 645 g/mol. The van der Waals surface area contributed by atoms with Gasteiger partial charge < -0.3 is 29.6 Å². The van der Waals surface area contributed by atoms with Crippen molar-refractivity contribution in [3.63, 3.8) is 0 Å². The molecule has 1 aliphatic carbocycles. The van der Waals surface area contributed by atoms with Crippen molar-refractivity contribution in [2.24, 2.45) is 5.41 Å². The molecule has 2 aromatic carbocycles. The van der Waals surface area contributed by atoms with Gasteiger partial charge in [0.05, 0.1) is 30.7 Å². The molecule has 5 heterocycles. The van der Waals surface area contributed by atoms with Gasteiger partial charge in [0.1, 0.15) is 28.0 Å². The summed E-state index contributed by atoms with van der Waals surface area (Å²) in [5, 5.41) is 32.3. The zero-order valence-electron chi connectivity index (χ0n) is 25.0. The number of aliphatic hydroxyl groups excluding tert-OH is 1. The van der Waals surface area contributed by atoms with E-state index in [9.17, 15) is 24.7 Å². The van der Waals surface area contributed by atoms with E-state index in [4.69, 9.17) is 9.72 Å². The molecule has 4 aliphatic rings. The Morgan fingerprint density at radius 3 is 2.63 bits per heavy atom. The molecule has 4 aromatic rings. The minimum Gasteiger partial charge on any atom is -0.387 e. The molecular formula is C33H30F2N6O4S. The Balaban J connectivity index is 1.12. The Kier molecular flexibility index (Phi) is 6.60. The Labute approximate surface area is 267 Å². The largest absolute Gasteiger partial charge is 0.387 e. The van der Waals surface area contributed by atoms with E-state index in [1.807, 2.05) is 11.0 Å². The second-order valence-electron chi connectivity index (χ2n) is 12.9. The van der Waals surface area contributed by atoms with Gasteiger partial charge in [-0.15, -0.1) is 0 Å². The average Bonchev–Trinajstić information content (AvgIpc) is 3.74. The fraction of sp³-hybridized carbons (Fsp3) is 0.394. The Morgan fingerprint density at radius 1 is 1.17 bits per heavy atom. The number of ether oxygens (including phenoxy) is 1. The molecule has 0 radical (unpaired) electrons. The second-order valence-corrected chi connectivity index (χ2v) is 13.9. The highest BCUT2D eigenvalue weighted by atomic mass is 32.1. The molecule has 2 atom stereocenters. The van der Waals surface area contributed by atoms with Crippen LogP contribution in [0.3, 0.4) is 0 Å². The maximum absolute atomic E-state index is 15.9. The van der Waals surface area contributed by atoms with Crippen LogP contribution in [0.15, 0.2) is 36.4 Å². The zero-order chi connectivity index (χ0) is 32.0. The SMILES string of the molecule is CN(c1nc(-c2ccc(F)cc2)c(C#N)s1)c1c2c(nc3c(F)cc(N4CC5(CN(C(=O)[C@]6(O)CCOC6)C5)C4)cc13)[C@H](O)CC2. The molecule has 0 saturated carbocycles. The maximum atomic E-state index is 15.9. The van der Waals surface area contributed by atoms with E-state index in [0.717, 1.165) is 5.56 Å². The highest BCUT2D eigenvalue weighted by molar-refractivity contribution is 7.16. The van der Waals surface area contributed by atoms with Crippen LogP contribution in [0.25, 0.3) is 22.2 Å². The minimum atomic E-state index is -1.44. The van der Waals surface area contributed by atoms with Crippen LogP contribution < -0.4 is 9.80 Å². The Hall–Kier alpha value is -4.22. The highest BCUT2D eigenvalue weighted by Gasteiger charge is 2.56. The summed E-state index contributed by atoms with van der Waals surface area (Å²) < 4.78 is 34.7. The van der Waals surface area contributed by atoms with Gasteiger partial charge in [-0.05, 0) is 49.2 Å². The molecule has 3 saturated heterocycles. The first-order chi connectivity index (χ1) is 22.1. The summed E-state index contributed by atoms with van der Waals surface area (Å²) >= 11 is 1.18. The van der Waals surface area contributed by atoms with Crippen LogP contribution in [-0.4, -0.2) is 83.0 Å². The van der Waals surface area contributed by atoms with Crippen molar-refractivity contribution in [1.82, 2.24) is 14.9 Å². The van der Waals surface area contributed by atoms with Crippen molar-refractivity contribution in [1.29, 1.82) is 5.26 Å². The van der Waals surface area contributed by atoms with Crippen LogP contribution >= 0.6 is 11.3 Å². The fourth-order valence-electron chi connectivity index (χ4n) is 7.35. The lowest BCUT2D eigenvalue weighted by molar-refractivity contribution is -0.165. The number of thiazole rings is 1. The molecule has 3 fully saturated rings. The molecule has 2 N–H and O–H groups in total. The molecule has 0 unspecified atom stereocenters. The van der Waals surface area contributed by atoms with Crippen molar-refractivity contribution in [2.75, 3.05) is 56.2 Å². The summed E-state index contributed by atoms with van der Waals surface area (Å²) in [6.07, 6.45) is 0.483. The highest BCUT2D eigenvalue weighted by Crippen LogP contribution is 2.48. The van der Waals surface area contributed by atoms with E-state index >= 15 is 4.39 Å². The van der Waals surface area contributed by atoms with Crippen LogP contribution in [0.5, 0.6) is 0 Å². The topological polar surface area (TPSA) is 126 Å². The number of carbonyl (C=O) groups is 1. The smallest absolute Gasteiger partial charge is 0.257 e. The number of benzene rings is 2. The van der Waals surface area contributed by atoms with Crippen molar-refractivity contribution in [2.45, 2.75) is 31.0 Å². The third kappa shape index (κ3) is 4.46. The van der Waals surface area contributed by atoms with Crippen molar-refractivity contribution in [3.8, 4) is 17.3 Å². The lowest BCUT2D eigenvalue weighted by atomic mass is 9.72.